The van der Waals surface area contributed by atoms with Crippen molar-refractivity contribution in [2.24, 2.45) is 0 Å². The lowest BCUT2D eigenvalue weighted by molar-refractivity contribution is -0.116. The number of halogens is 2. The second-order valence-electron chi connectivity index (χ2n) is 9.43. The zero-order chi connectivity index (χ0) is 26.5. The molecule has 0 saturated carbocycles. The van der Waals surface area contributed by atoms with Gasteiger partial charge in [0.05, 0.1) is 18.0 Å². The Balaban J connectivity index is 1.80. The number of rotatable bonds is 8. The van der Waals surface area contributed by atoms with Crippen LogP contribution < -0.4 is 10.6 Å². The molecule has 3 aromatic rings. The SMILES string of the molecule is COCCN(CC(=O)Nc1cc(C(C)(C)C)nn1-c1ccc(C)cc1)C(=O)Nc1ccc(F)c(F)c1. The number of amides is 3. The molecule has 0 aliphatic carbocycles. The molecule has 2 aromatic carbocycles. The van der Waals surface area contributed by atoms with Gasteiger partial charge in [0.1, 0.15) is 12.4 Å². The Kier molecular flexibility index (Phi) is 8.41. The standard InChI is InChI=1S/C26H31F2N5O3/c1-17-6-9-19(10-7-17)33-23(15-22(31-33)26(2,3)4)30-24(34)16-32(12-13-36-5)25(35)29-18-8-11-20(27)21(28)14-18/h6-11,14-15H,12-13,16H2,1-5H3,(H,29,35)(H,30,34). The van der Waals surface area contributed by atoms with Gasteiger partial charge in [0.25, 0.3) is 0 Å². The number of methoxy groups -OCH3 is 1. The molecule has 192 valence electrons. The number of urea groups is 1. The third-order valence-electron chi connectivity index (χ3n) is 5.38. The number of carbonyl (C=O) groups excluding carboxylic acids is 2. The Bertz CT molecular complexity index is 1220. The van der Waals surface area contributed by atoms with Crippen LogP contribution in [0.2, 0.25) is 0 Å². The number of carbonyl (C=O) groups is 2. The summed E-state index contributed by atoms with van der Waals surface area (Å²) in [5.74, 6) is -2.11. The predicted octanol–water partition coefficient (Wildman–Crippen LogP) is 4.88. The number of aryl methyl sites for hydroxylation is 1. The molecule has 0 spiro atoms. The van der Waals surface area contributed by atoms with E-state index in [9.17, 15) is 18.4 Å². The lowest BCUT2D eigenvalue weighted by Gasteiger charge is -2.22. The third kappa shape index (κ3) is 6.88. The number of hydrogen-bond acceptors (Lipinski definition) is 4. The predicted molar refractivity (Wildman–Crippen MR) is 134 cm³/mol. The molecular weight excluding hydrogens is 468 g/mol. The molecule has 8 nitrogen and oxygen atoms in total. The average Bonchev–Trinajstić information content (AvgIpc) is 3.23. The van der Waals surface area contributed by atoms with E-state index in [4.69, 9.17) is 9.84 Å². The first-order valence-corrected chi connectivity index (χ1v) is 11.5. The van der Waals surface area contributed by atoms with Gasteiger partial charge in [-0.1, -0.05) is 38.5 Å². The molecule has 3 amide bonds. The molecule has 1 aromatic heterocycles. The van der Waals surface area contributed by atoms with Gasteiger partial charge in [0.15, 0.2) is 11.6 Å². The van der Waals surface area contributed by atoms with Crippen LogP contribution in [0.25, 0.3) is 5.69 Å². The zero-order valence-corrected chi connectivity index (χ0v) is 21.1. The summed E-state index contributed by atoms with van der Waals surface area (Å²) in [4.78, 5) is 27.0. The van der Waals surface area contributed by atoms with Crippen LogP contribution in [0.1, 0.15) is 32.0 Å². The highest BCUT2D eigenvalue weighted by Gasteiger charge is 2.23. The van der Waals surface area contributed by atoms with Gasteiger partial charge < -0.3 is 20.3 Å². The molecule has 2 N–H and O–H groups in total. The molecule has 0 radical (unpaired) electrons. The molecule has 0 unspecified atom stereocenters. The van der Waals surface area contributed by atoms with Crippen molar-refractivity contribution in [1.82, 2.24) is 14.7 Å². The van der Waals surface area contributed by atoms with E-state index in [1.54, 1.807) is 10.7 Å². The fraction of sp³-hybridized carbons (Fsp3) is 0.346. The quantitative estimate of drug-likeness (QED) is 0.463. The first-order chi connectivity index (χ1) is 17.0. The molecular formula is C26H31F2N5O3. The monoisotopic (exact) mass is 499 g/mol. The van der Waals surface area contributed by atoms with E-state index >= 15 is 0 Å². The topological polar surface area (TPSA) is 88.5 Å². The lowest BCUT2D eigenvalue weighted by atomic mass is 9.92. The summed E-state index contributed by atoms with van der Waals surface area (Å²) < 4.78 is 33.5. The van der Waals surface area contributed by atoms with Crippen LogP contribution in [0, 0.1) is 18.6 Å². The normalized spacial score (nSPS) is 11.3. The number of anilines is 2. The summed E-state index contributed by atoms with van der Waals surface area (Å²) in [5, 5.41) is 10.0. The van der Waals surface area contributed by atoms with Crippen LogP contribution >= 0.6 is 0 Å². The lowest BCUT2D eigenvalue weighted by Crippen LogP contribution is -2.42. The van der Waals surface area contributed by atoms with E-state index in [1.807, 2.05) is 52.0 Å². The smallest absolute Gasteiger partial charge is 0.322 e. The van der Waals surface area contributed by atoms with Gasteiger partial charge in [-0.15, -0.1) is 0 Å². The van der Waals surface area contributed by atoms with Crippen molar-refractivity contribution in [1.29, 1.82) is 0 Å². The van der Waals surface area contributed by atoms with Crippen molar-refractivity contribution in [3.8, 4) is 5.69 Å². The van der Waals surface area contributed by atoms with Crippen molar-refractivity contribution in [3.63, 3.8) is 0 Å². The van der Waals surface area contributed by atoms with Crippen LogP contribution in [0.15, 0.2) is 48.5 Å². The summed E-state index contributed by atoms with van der Waals surface area (Å²) in [6.45, 7) is 8.03. The van der Waals surface area contributed by atoms with Gasteiger partial charge in [-0.25, -0.2) is 18.3 Å². The van der Waals surface area contributed by atoms with Crippen LogP contribution in [0.5, 0.6) is 0 Å². The molecule has 1 heterocycles. The van der Waals surface area contributed by atoms with Crippen molar-refractivity contribution in [2.45, 2.75) is 33.1 Å². The van der Waals surface area contributed by atoms with E-state index in [0.29, 0.717) is 5.82 Å². The summed E-state index contributed by atoms with van der Waals surface area (Å²) in [6.07, 6.45) is 0. The van der Waals surface area contributed by atoms with E-state index in [0.717, 1.165) is 29.1 Å². The molecule has 0 fully saturated rings. The molecule has 10 heteroatoms. The minimum absolute atomic E-state index is 0.0639. The minimum Gasteiger partial charge on any atom is -0.383 e. The summed E-state index contributed by atoms with van der Waals surface area (Å²) in [7, 11) is 1.47. The number of aromatic nitrogens is 2. The van der Waals surface area contributed by atoms with E-state index < -0.39 is 23.6 Å². The number of hydrogen-bond donors (Lipinski definition) is 2. The highest BCUT2D eigenvalue weighted by Crippen LogP contribution is 2.26. The summed E-state index contributed by atoms with van der Waals surface area (Å²) in [6, 6.07) is 11.9. The van der Waals surface area contributed by atoms with Crippen molar-refractivity contribution >= 4 is 23.4 Å². The maximum absolute atomic E-state index is 13.5. The average molecular weight is 500 g/mol. The number of ether oxygens (including phenoxy) is 1. The molecule has 0 aliphatic rings. The third-order valence-corrected chi connectivity index (χ3v) is 5.38. The van der Waals surface area contributed by atoms with E-state index in [2.05, 4.69) is 10.6 Å². The number of nitrogens with one attached hydrogen (secondary N) is 2. The van der Waals surface area contributed by atoms with Gasteiger partial charge in [0, 0.05) is 36.9 Å². The first kappa shape index (κ1) is 26.8. The van der Waals surface area contributed by atoms with Gasteiger partial charge in [-0.2, -0.15) is 5.10 Å². The maximum Gasteiger partial charge on any atom is 0.322 e. The van der Waals surface area contributed by atoms with E-state index in [-0.39, 0.29) is 30.8 Å². The molecule has 0 atom stereocenters. The van der Waals surface area contributed by atoms with Gasteiger partial charge in [-0.05, 0) is 31.2 Å². The Morgan fingerprint density at radius 3 is 2.33 bits per heavy atom. The van der Waals surface area contributed by atoms with Gasteiger partial charge >= 0.3 is 6.03 Å². The van der Waals surface area contributed by atoms with Crippen LogP contribution in [-0.4, -0.2) is 53.4 Å². The highest BCUT2D eigenvalue weighted by atomic mass is 19.2. The second kappa shape index (κ2) is 11.3. The van der Waals surface area contributed by atoms with Crippen LogP contribution in [-0.2, 0) is 14.9 Å². The van der Waals surface area contributed by atoms with Crippen molar-refractivity contribution in [3.05, 3.63) is 71.4 Å². The Hall–Kier alpha value is -3.79. The van der Waals surface area contributed by atoms with Crippen LogP contribution in [0.4, 0.5) is 25.1 Å². The largest absolute Gasteiger partial charge is 0.383 e. The first-order valence-electron chi connectivity index (χ1n) is 11.5. The molecule has 3 rings (SSSR count). The Labute approximate surface area is 209 Å². The maximum atomic E-state index is 13.5. The molecule has 36 heavy (non-hydrogen) atoms. The number of nitrogens with zero attached hydrogens (tertiary/aromatic N) is 3. The van der Waals surface area contributed by atoms with Crippen molar-refractivity contribution in [2.75, 3.05) is 37.4 Å². The molecule has 0 saturated heterocycles. The summed E-state index contributed by atoms with van der Waals surface area (Å²) in [5.41, 5.74) is 2.45. The second-order valence-corrected chi connectivity index (χ2v) is 9.43. The highest BCUT2D eigenvalue weighted by molar-refractivity contribution is 5.96. The molecule has 0 aliphatic heterocycles. The Morgan fingerprint density at radius 2 is 1.72 bits per heavy atom. The van der Waals surface area contributed by atoms with Crippen molar-refractivity contribution < 1.29 is 23.1 Å². The molecule has 0 bridgehead atoms. The minimum atomic E-state index is -1.09. The fourth-order valence-electron chi connectivity index (χ4n) is 3.31. The van der Waals surface area contributed by atoms with E-state index in [1.165, 1.54) is 18.1 Å². The zero-order valence-electron chi connectivity index (χ0n) is 21.1. The van der Waals surface area contributed by atoms with Gasteiger partial charge in [0.2, 0.25) is 5.91 Å². The van der Waals surface area contributed by atoms with Gasteiger partial charge in [-0.3, -0.25) is 4.79 Å². The number of benzene rings is 2. The van der Waals surface area contributed by atoms with Crippen LogP contribution in [0.3, 0.4) is 0 Å². The summed E-state index contributed by atoms with van der Waals surface area (Å²) >= 11 is 0. The Morgan fingerprint density at radius 1 is 1.03 bits per heavy atom. The fourth-order valence-corrected chi connectivity index (χ4v) is 3.31.